The highest BCUT2D eigenvalue weighted by atomic mass is 35.5. The topological polar surface area (TPSA) is 178 Å². The van der Waals surface area contributed by atoms with Gasteiger partial charge in [-0.15, -0.1) is 10.2 Å². The molecule has 0 spiro atoms. The molecule has 0 saturated carbocycles. The average Bonchev–Trinajstić information content (AvgIpc) is 3.20. The summed E-state index contributed by atoms with van der Waals surface area (Å²) in [7, 11) is 0. The Morgan fingerprint density at radius 1 is 0.676 bits per heavy atom. The molecule has 0 amide bonds. The summed E-state index contributed by atoms with van der Waals surface area (Å²) in [5, 5.41) is 72.6. The summed E-state index contributed by atoms with van der Waals surface area (Å²) < 4.78 is 1.20. The number of hydrogen-bond acceptors (Lipinski definition) is 10. The van der Waals surface area contributed by atoms with Gasteiger partial charge in [0.05, 0.1) is 5.69 Å². The molecule has 12 heteroatoms. The van der Waals surface area contributed by atoms with Crippen molar-refractivity contribution in [2.24, 2.45) is 0 Å². The first-order valence-corrected chi connectivity index (χ1v) is 10.0. The van der Waals surface area contributed by atoms with Gasteiger partial charge in [-0.05, 0) is 36.4 Å². The lowest BCUT2D eigenvalue weighted by molar-refractivity contribution is 0.367. The third-order valence-corrected chi connectivity index (χ3v) is 5.29. The Morgan fingerprint density at radius 3 is 1.82 bits per heavy atom. The van der Waals surface area contributed by atoms with Crippen molar-refractivity contribution in [3.05, 3.63) is 53.6 Å². The van der Waals surface area contributed by atoms with Crippen LogP contribution in [0.2, 0.25) is 5.02 Å². The molecule has 0 aliphatic carbocycles. The van der Waals surface area contributed by atoms with Crippen molar-refractivity contribution in [1.82, 2.24) is 25.0 Å². The number of nitrogens with zero attached hydrogens (tertiary/aromatic N) is 5. The van der Waals surface area contributed by atoms with Crippen LogP contribution in [0.1, 0.15) is 0 Å². The van der Waals surface area contributed by atoms with E-state index in [2.05, 4.69) is 20.3 Å². The van der Waals surface area contributed by atoms with Gasteiger partial charge >= 0.3 is 0 Å². The summed E-state index contributed by atoms with van der Waals surface area (Å²) in [5.41, 5.74) is 1.34. The van der Waals surface area contributed by atoms with Crippen molar-refractivity contribution in [3.8, 4) is 62.8 Å². The number of fused-ring (bicyclic) bond motifs is 1. The number of phenols is 6. The summed E-state index contributed by atoms with van der Waals surface area (Å²) >= 11 is 5.95. The monoisotopic (exact) mass is 479 g/mol. The van der Waals surface area contributed by atoms with E-state index in [1.165, 1.54) is 16.8 Å². The van der Waals surface area contributed by atoms with Gasteiger partial charge in [0, 0.05) is 28.3 Å². The maximum atomic E-state index is 10.0. The minimum Gasteiger partial charge on any atom is -0.504 e. The molecule has 0 fully saturated rings. The van der Waals surface area contributed by atoms with Crippen molar-refractivity contribution in [2.75, 3.05) is 0 Å². The van der Waals surface area contributed by atoms with E-state index >= 15 is 0 Å². The smallest absolute Gasteiger partial charge is 0.204 e. The third kappa shape index (κ3) is 3.40. The van der Waals surface area contributed by atoms with E-state index in [1.54, 1.807) is 24.3 Å². The predicted molar refractivity (Wildman–Crippen MR) is 120 cm³/mol. The second kappa shape index (κ2) is 7.67. The largest absolute Gasteiger partial charge is 0.504 e. The standard InChI is InChI=1S/C22H14ClN5O6/c23-11-3-1-9(2-4-11)21-24-18-17(10-5-13(29)19(33)14(30)6-10)27-28(22(18)26-25-21)12-7-15(31)20(34)16(32)8-12/h1-8,29-34H. The summed E-state index contributed by atoms with van der Waals surface area (Å²) in [4.78, 5) is 4.54. The van der Waals surface area contributed by atoms with Crippen LogP contribution >= 0.6 is 11.6 Å². The van der Waals surface area contributed by atoms with Gasteiger partial charge in [-0.25, -0.2) is 9.67 Å². The Labute approximate surface area is 195 Å². The highest BCUT2D eigenvalue weighted by molar-refractivity contribution is 6.30. The number of aromatic hydroxyl groups is 6. The van der Waals surface area contributed by atoms with Gasteiger partial charge in [0.25, 0.3) is 0 Å². The molecule has 34 heavy (non-hydrogen) atoms. The van der Waals surface area contributed by atoms with Crippen LogP contribution in [0.3, 0.4) is 0 Å². The lowest BCUT2D eigenvalue weighted by atomic mass is 10.1. The van der Waals surface area contributed by atoms with Crippen molar-refractivity contribution in [2.45, 2.75) is 0 Å². The fourth-order valence-corrected chi connectivity index (χ4v) is 3.49. The molecular weight excluding hydrogens is 466 g/mol. The minimum atomic E-state index is -0.706. The fourth-order valence-electron chi connectivity index (χ4n) is 3.37. The Morgan fingerprint density at radius 2 is 1.24 bits per heavy atom. The van der Waals surface area contributed by atoms with Crippen LogP contribution in [0, 0.1) is 0 Å². The van der Waals surface area contributed by atoms with E-state index in [0.29, 0.717) is 10.6 Å². The van der Waals surface area contributed by atoms with Crippen molar-refractivity contribution >= 4 is 22.8 Å². The highest BCUT2D eigenvalue weighted by Gasteiger charge is 2.22. The van der Waals surface area contributed by atoms with Crippen LogP contribution in [-0.2, 0) is 0 Å². The summed E-state index contributed by atoms with van der Waals surface area (Å²) in [6.45, 7) is 0. The molecule has 0 bridgehead atoms. The van der Waals surface area contributed by atoms with E-state index in [-0.39, 0.29) is 33.9 Å². The van der Waals surface area contributed by atoms with Crippen LogP contribution in [-0.4, -0.2) is 55.6 Å². The summed E-state index contributed by atoms with van der Waals surface area (Å²) in [5.74, 6) is -3.54. The van der Waals surface area contributed by atoms with Crippen LogP contribution in [0.4, 0.5) is 0 Å². The zero-order valence-electron chi connectivity index (χ0n) is 16.9. The SMILES string of the molecule is Oc1cc(-c2nn(-c3cc(O)c(O)c(O)c3)c3nnc(-c4ccc(Cl)cc4)nc23)cc(O)c1O. The first-order valence-electron chi connectivity index (χ1n) is 9.63. The predicted octanol–water partition coefficient (Wildman–Crippen LogP) is 3.43. The maximum absolute atomic E-state index is 10.0. The molecule has 0 radical (unpaired) electrons. The first-order chi connectivity index (χ1) is 16.2. The second-order valence-electron chi connectivity index (χ2n) is 7.27. The Kier molecular flexibility index (Phi) is 4.76. The number of benzene rings is 3. The van der Waals surface area contributed by atoms with Gasteiger partial charge in [0.1, 0.15) is 11.2 Å². The van der Waals surface area contributed by atoms with Gasteiger partial charge < -0.3 is 30.6 Å². The van der Waals surface area contributed by atoms with E-state index < -0.39 is 34.5 Å². The molecule has 11 nitrogen and oxygen atoms in total. The van der Waals surface area contributed by atoms with E-state index in [1.807, 2.05) is 0 Å². The zero-order chi connectivity index (χ0) is 24.1. The first kappa shape index (κ1) is 21.1. The molecule has 0 saturated heterocycles. The molecule has 170 valence electrons. The Hall–Kier alpha value is -4.77. The van der Waals surface area contributed by atoms with Crippen LogP contribution < -0.4 is 0 Å². The molecule has 2 aromatic heterocycles. The zero-order valence-corrected chi connectivity index (χ0v) is 17.7. The number of halogens is 1. The molecule has 0 atom stereocenters. The van der Waals surface area contributed by atoms with E-state index in [0.717, 1.165) is 12.1 Å². The number of hydrogen-bond donors (Lipinski definition) is 6. The lowest BCUT2D eigenvalue weighted by Gasteiger charge is -2.06. The van der Waals surface area contributed by atoms with Crippen molar-refractivity contribution in [3.63, 3.8) is 0 Å². The molecule has 0 aliphatic rings. The molecule has 3 aromatic carbocycles. The second-order valence-corrected chi connectivity index (χ2v) is 7.71. The maximum Gasteiger partial charge on any atom is 0.204 e. The van der Waals surface area contributed by atoms with Crippen molar-refractivity contribution < 1.29 is 30.6 Å². The average molecular weight is 480 g/mol. The van der Waals surface area contributed by atoms with Crippen molar-refractivity contribution in [1.29, 1.82) is 0 Å². The van der Waals surface area contributed by atoms with E-state index in [4.69, 9.17) is 11.6 Å². The third-order valence-electron chi connectivity index (χ3n) is 5.04. The lowest BCUT2D eigenvalue weighted by Crippen LogP contribution is -2.00. The number of phenolic OH excluding ortho intramolecular Hbond substituents is 6. The Balaban J connectivity index is 1.80. The molecule has 2 heterocycles. The van der Waals surface area contributed by atoms with Crippen LogP contribution in [0.15, 0.2) is 48.5 Å². The molecule has 5 aromatic rings. The molecule has 0 aliphatic heterocycles. The normalized spacial score (nSPS) is 11.2. The molecule has 6 N–H and O–H groups in total. The summed E-state index contributed by atoms with van der Waals surface area (Å²) in [6.07, 6.45) is 0. The molecule has 5 rings (SSSR count). The van der Waals surface area contributed by atoms with E-state index in [9.17, 15) is 30.6 Å². The number of aromatic nitrogens is 5. The van der Waals surface area contributed by atoms with Gasteiger partial charge in [0.15, 0.2) is 40.3 Å². The molecular formula is C22H14ClN5O6. The Bertz CT molecular complexity index is 1540. The van der Waals surface area contributed by atoms with Crippen LogP contribution in [0.5, 0.6) is 34.5 Å². The van der Waals surface area contributed by atoms with Gasteiger partial charge in [-0.2, -0.15) is 5.10 Å². The quantitative estimate of drug-likeness (QED) is 0.210. The number of rotatable bonds is 3. The van der Waals surface area contributed by atoms with Gasteiger partial charge in [-0.1, -0.05) is 11.6 Å². The molecule has 0 unspecified atom stereocenters. The fraction of sp³-hybridized carbons (Fsp3) is 0. The summed E-state index contributed by atoms with van der Waals surface area (Å²) in [6, 6.07) is 11.4. The minimum absolute atomic E-state index is 0.101. The van der Waals surface area contributed by atoms with Gasteiger partial charge in [0.2, 0.25) is 5.65 Å². The highest BCUT2D eigenvalue weighted by Crippen LogP contribution is 2.41. The van der Waals surface area contributed by atoms with Crippen LogP contribution in [0.25, 0.3) is 39.5 Å². The van der Waals surface area contributed by atoms with Gasteiger partial charge in [-0.3, -0.25) is 0 Å².